The van der Waals surface area contributed by atoms with E-state index in [0.29, 0.717) is 6.04 Å². The Bertz CT molecular complexity index is 167. The first-order valence-corrected chi connectivity index (χ1v) is 9.54. The van der Waals surface area contributed by atoms with Gasteiger partial charge < -0.3 is 5.32 Å². The minimum atomic E-state index is 0.715. The van der Waals surface area contributed by atoms with Crippen LogP contribution in [0.2, 0.25) is 0 Å². The Morgan fingerprint density at radius 2 is 1.00 bits per heavy atom. The first kappa shape index (κ1) is 20.0. The van der Waals surface area contributed by atoms with Gasteiger partial charge >= 0.3 is 0 Å². The molecule has 0 aromatic carbocycles. The molecule has 0 amide bonds. The third-order valence-corrected chi connectivity index (χ3v) is 4.29. The maximum atomic E-state index is 3.49. The molecule has 1 nitrogen and oxygen atoms in total. The summed E-state index contributed by atoms with van der Waals surface area (Å²) >= 11 is 0. The molecule has 1 atom stereocenters. The Hall–Kier alpha value is -0.0400. The van der Waals surface area contributed by atoms with Crippen molar-refractivity contribution in [3.05, 3.63) is 0 Å². The van der Waals surface area contributed by atoms with Crippen LogP contribution in [0.3, 0.4) is 0 Å². The number of hydrogen-bond donors (Lipinski definition) is 1. The highest BCUT2D eigenvalue weighted by Gasteiger charge is 1.98. The Kier molecular flexibility index (Phi) is 17.0. The van der Waals surface area contributed by atoms with E-state index in [4.69, 9.17) is 0 Å². The first-order valence-electron chi connectivity index (χ1n) is 9.54. The van der Waals surface area contributed by atoms with E-state index in [1.165, 1.54) is 89.9 Å². The van der Waals surface area contributed by atoms with E-state index in [-0.39, 0.29) is 0 Å². The van der Waals surface area contributed by atoms with Crippen LogP contribution < -0.4 is 5.32 Å². The molecule has 1 heteroatoms. The summed E-state index contributed by atoms with van der Waals surface area (Å²) in [6.07, 6.45) is 20.2. The van der Waals surface area contributed by atoms with E-state index in [1.54, 1.807) is 0 Å². The lowest BCUT2D eigenvalue weighted by molar-refractivity contribution is 0.484. The summed E-state index contributed by atoms with van der Waals surface area (Å²) in [4.78, 5) is 0. The molecule has 0 spiro atoms. The average Bonchev–Trinajstić information content (AvgIpc) is 2.44. The Morgan fingerprint density at radius 3 is 1.40 bits per heavy atom. The van der Waals surface area contributed by atoms with Crippen LogP contribution in [-0.2, 0) is 0 Å². The van der Waals surface area contributed by atoms with Crippen LogP contribution in [0, 0.1) is 0 Å². The Balaban J connectivity index is 2.99. The van der Waals surface area contributed by atoms with E-state index in [2.05, 4.69) is 26.1 Å². The molecule has 1 unspecified atom stereocenters. The lowest BCUT2D eigenvalue weighted by Crippen LogP contribution is -2.25. The summed E-state index contributed by atoms with van der Waals surface area (Å²) in [5, 5.41) is 3.49. The highest BCUT2D eigenvalue weighted by molar-refractivity contribution is 4.59. The zero-order valence-corrected chi connectivity index (χ0v) is 14.7. The van der Waals surface area contributed by atoms with Gasteiger partial charge in [0.25, 0.3) is 0 Å². The fraction of sp³-hybridized carbons (Fsp3) is 1.00. The van der Waals surface area contributed by atoms with Crippen LogP contribution in [0.1, 0.15) is 111 Å². The molecule has 0 saturated heterocycles. The predicted molar refractivity (Wildman–Crippen MR) is 93.5 cm³/mol. The fourth-order valence-corrected chi connectivity index (χ4v) is 2.92. The standard InChI is InChI=1S/C19H41N/c1-4-6-7-8-9-10-11-12-13-14-15-16-17-18-19(3)20-5-2/h19-20H,4-18H2,1-3H3. The minimum absolute atomic E-state index is 0.715. The fourth-order valence-electron chi connectivity index (χ4n) is 2.92. The monoisotopic (exact) mass is 283 g/mol. The van der Waals surface area contributed by atoms with E-state index < -0.39 is 0 Å². The number of hydrogen-bond acceptors (Lipinski definition) is 1. The predicted octanol–water partition coefficient (Wildman–Crippen LogP) is 6.47. The van der Waals surface area contributed by atoms with E-state index in [0.717, 1.165) is 6.54 Å². The van der Waals surface area contributed by atoms with Gasteiger partial charge in [0, 0.05) is 6.04 Å². The minimum Gasteiger partial charge on any atom is -0.315 e. The molecular weight excluding hydrogens is 242 g/mol. The molecule has 0 aromatic rings. The molecule has 0 fully saturated rings. The molecule has 0 aromatic heterocycles. The van der Waals surface area contributed by atoms with Crippen LogP contribution in [0.25, 0.3) is 0 Å². The second kappa shape index (κ2) is 17.0. The summed E-state index contributed by atoms with van der Waals surface area (Å²) in [6, 6.07) is 0.715. The third-order valence-electron chi connectivity index (χ3n) is 4.29. The summed E-state index contributed by atoms with van der Waals surface area (Å²) in [5.74, 6) is 0. The van der Waals surface area contributed by atoms with Gasteiger partial charge in [0.1, 0.15) is 0 Å². The smallest absolute Gasteiger partial charge is 0.00386 e. The maximum Gasteiger partial charge on any atom is 0.00386 e. The lowest BCUT2D eigenvalue weighted by atomic mass is 10.0. The largest absolute Gasteiger partial charge is 0.315 e. The van der Waals surface area contributed by atoms with Gasteiger partial charge in [-0.1, -0.05) is 97.3 Å². The molecule has 0 bridgehead atoms. The topological polar surface area (TPSA) is 12.0 Å². The molecular formula is C19H41N. The van der Waals surface area contributed by atoms with Gasteiger partial charge in [-0.2, -0.15) is 0 Å². The zero-order chi connectivity index (χ0) is 14.9. The Morgan fingerprint density at radius 1 is 0.600 bits per heavy atom. The molecule has 0 saturated carbocycles. The second-order valence-electron chi connectivity index (χ2n) is 6.49. The highest BCUT2D eigenvalue weighted by Crippen LogP contribution is 2.13. The van der Waals surface area contributed by atoms with Crippen LogP contribution in [0.5, 0.6) is 0 Å². The van der Waals surface area contributed by atoms with Gasteiger partial charge in [-0.3, -0.25) is 0 Å². The molecule has 0 aliphatic carbocycles. The van der Waals surface area contributed by atoms with Crippen molar-refractivity contribution in [3.63, 3.8) is 0 Å². The van der Waals surface area contributed by atoms with Crippen molar-refractivity contribution in [1.29, 1.82) is 0 Å². The van der Waals surface area contributed by atoms with Crippen molar-refractivity contribution >= 4 is 0 Å². The van der Waals surface area contributed by atoms with Gasteiger partial charge in [-0.05, 0) is 19.9 Å². The van der Waals surface area contributed by atoms with Crippen molar-refractivity contribution in [2.24, 2.45) is 0 Å². The second-order valence-corrected chi connectivity index (χ2v) is 6.49. The number of nitrogens with one attached hydrogen (secondary N) is 1. The van der Waals surface area contributed by atoms with Crippen LogP contribution in [-0.4, -0.2) is 12.6 Å². The van der Waals surface area contributed by atoms with Gasteiger partial charge in [0.15, 0.2) is 0 Å². The van der Waals surface area contributed by atoms with E-state index >= 15 is 0 Å². The average molecular weight is 284 g/mol. The number of rotatable bonds is 16. The molecule has 0 rings (SSSR count). The Labute approximate surface area is 129 Å². The van der Waals surface area contributed by atoms with Gasteiger partial charge in [-0.15, -0.1) is 0 Å². The third kappa shape index (κ3) is 16.0. The highest BCUT2D eigenvalue weighted by atomic mass is 14.9. The van der Waals surface area contributed by atoms with Crippen molar-refractivity contribution in [1.82, 2.24) is 5.32 Å². The van der Waals surface area contributed by atoms with Crippen molar-refractivity contribution in [2.75, 3.05) is 6.54 Å². The molecule has 0 radical (unpaired) electrons. The van der Waals surface area contributed by atoms with Gasteiger partial charge in [-0.25, -0.2) is 0 Å². The van der Waals surface area contributed by atoms with Crippen LogP contribution in [0.4, 0.5) is 0 Å². The molecule has 20 heavy (non-hydrogen) atoms. The van der Waals surface area contributed by atoms with E-state index in [9.17, 15) is 0 Å². The molecule has 0 heterocycles. The summed E-state index contributed by atoms with van der Waals surface area (Å²) in [7, 11) is 0. The van der Waals surface area contributed by atoms with E-state index in [1.807, 2.05) is 0 Å². The summed E-state index contributed by atoms with van der Waals surface area (Å²) in [6.45, 7) is 7.91. The van der Waals surface area contributed by atoms with Crippen LogP contribution in [0.15, 0.2) is 0 Å². The molecule has 122 valence electrons. The van der Waals surface area contributed by atoms with Crippen molar-refractivity contribution in [3.8, 4) is 0 Å². The van der Waals surface area contributed by atoms with Crippen molar-refractivity contribution in [2.45, 2.75) is 117 Å². The zero-order valence-electron chi connectivity index (χ0n) is 14.7. The molecule has 0 aliphatic rings. The SMILES string of the molecule is CCCCCCCCCCCCCCCC(C)NCC. The normalized spacial score (nSPS) is 12.8. The molecule has 0 aliphatic heterocycles. The molecule has 1 N–H and O–H groups in total. The lowest BCUT2D eigenvalue weighted by Gasteiger charge is -2.11. The van der Waals surface area contributed by atoms with Gasteiger partial charge in [0.2, 0.25) is 0 Å². The first-order chi connectivity index (χ1) is 9.81. The van der Waals surface area contributed by atoms with Gasteiger partial charge in [0.05, 0.1) is 0 Å². The maximum absolute atomic E-state index is 3.49. The summed E-state index contributed by atoms with van der Waals surface area (Å²) in [5.41, 5.74) is 0. The quantitative estimate of drug-likeness (QED) is 0.320. The van der Waals surface area contributed by atoms with Crippen molar-refractivity contribution < 1.29 is 0 Å². The van der Waals surface area contributed by atoms with Crippen LogP contribution >= 0.6 is 0 Å². The summed E-state index contributed by atoms with van der Waals surface area (Å²) < 4.78 is 0. The number of unbranched alkanes of at least 4 members (excludes halogenated alkanes) is 12.